The van der Waals surface area contributed by atoms with Crippen molar-refractivity contribution in [1.29, 1.82) is 0 Å². The van der Waals surface area contributed by atoms with Gasteiger partial charge in [-0.1, -0.05) is 67.1 Å². The Morgan fingerprint density at radius 3 is 2.21 bits per heavy atom. The summed E-state index contributed by atoms with van der Waals surface area (Å²) < 4.78 is 0. The molecule has 0 saturated heterocycles. The fraction of sp³-hybridized carbons (Fsp3) is 0.417. The molecule has 1 unspecified atom stereocenters. The predicted molar refractivity (Wildman–Crippen MR) is 114 cm³/mol. The Morgan fingerprint density at radius 2 is 1.64 bits per heavy atom. The Kier molecular flexibility index (Phi) is 7.38. The molecule has 1 N–H and O–H groups in total. The van der Waals surface area contributed by atoms with E-state index in [9.17, 15) is 9.59 Å². The Labute approximate surface area is 169 Å². The summed E-state index contributed by atoms with van der Waals surface area (Å²) in [5.74, 6) is -0.141. The number of hydrogen-bond acceptors (Lipinski definition) is 2. The molecule has 4 heteroatoms. The van der Waals surface area contributed by atoms with Gasteiger partial charge in [-0.15, -0.1) is 0 Å². The van der Waals surface area contributed by atoms with Gasteiger partial charge in [-0.2, -0.15) is 0 Å². The molecule has 0 spiro atoms. The van der Waals surface area contributed by atoms with Crippen LogP contribution in [0.4, 0.5) is 0 Å². The Hall–Kier alpha value is -2.62. The van der Waals surface area contributed by atoms with Crippen LogP contribution >= 0.6 is 0 Å². The fourth-order valence-corrected chi connectivity index (χ4v) is 3.22. The van der Waals surface area contributed by atoms with Crippen LogP contribution in [0.2, 0.25) is 0 Å². The Bertz CT molecular complexity index is 794. The van der Waals surface area contributed by atoms with E-state index in [1.54, 1.807) is 4.90 Å². The van der Waals surface area contributed by atoms with Crippen LogP contribution in [0.5, 0.6) is 0 Å². The van der Waals surface area contributed by atoms with Crippen molar-refractivity contribution in [3.8, 4) is 0 Å². The molecular weight excluding hydrogens is 348 g/mol. The van der Waals surface area contributed by atoms with Crippen molar-refractivity contribution in [2.45, 2.75) is 65.6 Å². The van der Waals surface area contributed by atoms with E-state index >= 15 is 0 Å². The van der Waals surface area contributed by atoms with E-state index in [1.165, 1.54) is 0 Å². The summed E-state index contributed by atoms with van der Waals surface area (Å²) in [5.41, 5.74) is 2.84. The first kappa shape index (κ1) is 21.7. The molecule has 0 aromatic heterocycles. The summed E-state index contributed by atoms with van der Waals surface area (Å²) in [7, 11) is 0. The summed E-state index contributed by atoms with van der Waals surface area (Å²) in [4.78, 5) is 27.8. The van der Waals surface area contributed by atoms with Gasteiger partial charge in [0.25, 0.3) is 0 Å². The van der Waals surface area contributed by atoms with E-state index in [4.69, 9.17) is 0 Å². The molecule has 0 heterocycles. The Balaban J connectivity index is 2.38. The number of rotatable bonds is 7. The third kappa shape index (κ3) is 6.52. The summed E-state index contributed by atoms with van der Waals surface area (Å²) in [6.45, 7) is 10.2. The van der Waals surface area contributed by atoms with Crippen LogP contribution in [0.1, 0.15) is 50.8 Å². The lowest BCUT2D eigenvalue weighted by Crippen LogP contribution is -2.54. The molecule has 1 atom stereocenters. The maximum atomic E-state index is 13.2. The van der Waals surface area contributed by atoms with Crippen LogP contribution < -0.4 is 5.32 Å². The van der Waals surface area contributed by atoms with Gasteiger partial charge in [0, 0.05) is 24.9 Å². The van der Waals surface area contributed by atoms with E-state index in [-0.39, 0.29) is 17.4 Å². The molecule has 150 valence electrons. The quantitative estimate of drug-likeness (QED) is 0.780. The molecule has 28 heavy (non-hydrogen) atoms. The number of benzene rings is 2. The zero-order chi connectivity index (χ0) is 20.7. The third-order valence-corrected chi connectivity index (χ3v) is 4.51. The van der Waals surface area contributed by atoms with E-state index in [1.807, 2.05) is 83.1 Å². The lowest BCUT2D eigenvalue weighted by molar-refractivity contribution is -0.141. The number of carbonyl (C=O) groups excluding carboxylic acids is 2. The Morgan fingerprint density at radius 1 is 1.00 bits per heavy atom. The number of aryl methyl sites for hydroxylation is 1. The highest BCUT2D eigenvalue weighted by molar-refractivity contribution is 5.88. The highest BCUT2D eigenvalue weighted by atomic mass is 16.2. The lowest BCUT2D eigenvalue weighted by atomic mass is 10.00. The molecule has 2 rings (SSSR count). The molecule has 0 aliphatic rings. The van der Waals surface area contributed by atoms with E-state index < -0.39 is 6.04 Å². The minimum atomic E-state index is -0.561. The second-order valence-electron chi connectivity index (χ2n) is 8.31. The zero-order valence-corrected chi connectivity index (χ0v) is 17.7. The molecule has 0 fully saturated rings. The number of carbonyl (C=O) groups is 2. The molecule has 0 radical (unpaired) electrons. The first-order chi connectivity index (χ1) is 13.2. The second-order valence-corrected chi connectivity index (χ2v) is 8.31. The van der Waals surface area contributed by atoms with Crippen molar-refractivity contribution >= 4 is 11.8 Å². The normalized spacial score (nSPS) is 12.3. The molecule has 0 saturated carbocycles. The minimum absolute atomic E-state index is 0.0218. The van der Waals surface area contributed by atoms with E-state index in [0.717, 1.165) is 16.7 Å². The summed E-state index contributed by atoms with van der Waals surface area (Å²) in [6.07, 6.45) is 0.847. The first-order valence-corrected chi connectivity index (χ1v) is 9.90. The predicted octanol–water partition coefficient (Wildman–Crippen LogP) is 4.26. The number of nitrogens with zero attached hydrogens (tertiary/aromatic N) is 1. The first-order valence-electron chi connectivity index (χ1n) is 9.90. The van der Waals surface area contributed by atoms with Crippen molar-refractivity contribution < 1.29 is 9.59 Å². The van der Waals surface area contributed by atoms with Gasteiger partial charge in [-0.05, 0) is 38.8 Å². The highest BCUT2D eigenvalue weighted by Crippen LogP contribution is 2.17. The smallest absolute Gasteiger partial charge is 0.243 e. The zero-order valence-electron chi connectivity index (χ0n) is 17.7. The summed E-state index contributed by atoms with van der Waals surface area (Å²) >= 11 is 0. The average molecular weight is 381 g/mol. The van der Waals surface area contributed by atoms with E-state index in [2.05, 4.69) is 11.4 Å². The average Bonchev–Trinajstić information content (AvgIpc) is 2.63. The van der Waals surface area contributed by atoms with Crippen LogP contribution in [0.25, 0.3) is 0 Å². The van der Waals surface area contributed by atoms with Crippen LogP contribution in [-0.4, -0.2) is 28.3 Å². The van der Waals surface area contributed by atoms with Crippen molar-refractivity contribution in [2.75, 3.05) is 0 Å². The maximum Gasteiger partial charge on any atom is 0.243 e. The topological polar surface area (TPSA) is 49.4 Å². The van der Waals surface area contributed by atoms with Gasteiger partial charge in [0.1, 0.15) is 6.04 Å². The largest absolute Gasteiger partial charge is 0.350 e. The van der Waals surface area contributed by atoms with Gasteiger partial charge in [-0.25, -0.2) is 0 Å². The molecule has 0 aliphatic carbocycles. The molecule has 2 amide bonds. The van der Waals surface area contributed by atoms with Crippen LogP contribution in [-0.2, 0) is 22.6 Å². The molecule has 0 bridgehead atoms. The highest BCUT2D eigenvalue weighted by Gasteiger charge is 2.31. The fourth-order valence-electron chi connectivity index (χ4n) is 3.22. The molecule has 0 aliphatic heterocycles. The van der Waals surface area contributed by atoms with Gasteiger partial charge in [0.05, 0.1) is 0 Å². The molecule has 2 aromatic carbocycles. The standard InChI is InChI=1S/C24H32N2O2/c1-6-22(27)26(17-20-14-10-11-18(2)15-20)21(23(28)25-24(3,4)5)16-19-12-8-7-9-13-19/h7-15,21H,6,16-17H2,1-5H3,(H,25,28). The number of hydrogen-bond donors (Lipinski definition) is 1. The number of amides is 2. The summed E-state index contributed by atoms with van der Waals surface area (Å²) in [5, 5.41) is 3.06. The van der Waals surface area contributed by atoms with Crippen LogP contribution in [0, 0.1) is 6.92 Å². The molecule has 4 nitrogen and oxygen atoms in total. The van der Waals surface area contributed by atoms with Crippen molar-refractivity contribution in [3.63, 3.8) is 0 Å². The second kappa shape index (κ2) is 9.54. The number of nitrogens with one attached hydrogen (secondary N) is 1. The van der Waals surface area contributed by atoms with Gasteiger partial charge < -0.3 is 10.2 Å². The third-order valence-electron chi connectivity index (χ3n) is 4.51. The lowest BCUT2D eigenvalue weighted by Gasteiger charge is -2.33. The minimum Gasteiger partial charge on any atom is -0.350 e. The maximum absolute atomic E-state index is 13.2. The van der Waals surface area contributed by atoms with Gasteiger partial charge in [0.2, 0.25) is 11.8 Å². The monoisotopic (exact) mass is 380 g/mol. The van der Waals surface area contributed by atoms with Crippen LogP contribution in [0.3, 0.4) is 0 Å². The molecular formula is C24H32N2O2. The van der Waals surface area contributed by atoms with Gasteiger partial charge in [0.15, 0.2) is 0 Å². The van der Waals surface area contributed by atoms with Crippen molar-refractivity contribution in [2.24, 2.45) is 0 Å². The SMILES string of the molecule is CCC(=O)N(Cc1cccc(C)c1)C(Cc1ccccc1)C(=O)NC(C)(C)C. The van der Waals surface area contributed by atoms with Crippen molar-refractivity contribution in [3.05, 3.63) is 71.3 Å². The van der Waals surface area contributed by atoms with Crippen molar-refractivity contribution in [1.82, 2.24) is 10.2 Å². The van der Waals surface area contributed by atoms with E-state index in [0.29, 0.717) is 19.4 Å². The molecule has 2 aromatic rings. The summed E-state index contributed by atoms with van der Waals surface area (Å²) in [6, 6.07) is 17.4. The van der Waals surface area contributed by atoms with Crippen LogP contribution in [0.15, 0.2) is 54.6 Å². The van der Waals surface area contributed by atoms with Gasteiger partial charge >= 0.3 is 0 Å². The van der Waals surface area contributed by atoms with Gasteiger partial charge in [-0.3, -0.25) is 9.59 Å².